The Morgan fingerprint density at radius 3 is 2.62 bits per heavy atom. The molecule has 0 spiro atoms. The Morgan fingerprint density at radius 1 is 1.21 bits per heavy atom. The summed E-state index contributed by atoms with van der Waals surface area (Å²) in [4.78, 5) is 12.1. The number of carbonyl (C=O) groups excluding carboxylic acids is 1. The highest BCUT2D eigenvalue weighted by Gasteiger charge is 2.18. The van der Waals surface area contributed by atoms with E-state index in [9.17, 15) is 13.6 Å². The molecule has 1 amide bonds. The van der Waals surface area contributed by atoms with Gasteiger partial charge >= 0.3 is 0 Å². The van der Waals surface area contributed by atoms with Crippen molar-refractivity contribution in [1.82, 2.24) is 14.8 Å². The third-order valence-corrected chi connectivity index (χ3v) is 5.12. The molecular weight excluding hydrogens is 398 g/mol. The van der Waals surface area contributed by atoms with E-state index in [0.717, 1.165) is 29.1 Å². The average molecular weight is 418 g/mol. The number of thioether (sulfide) groups is 1. The van der Waals surface area contributed by atoms with Crippen molar-refractivity contribution in [3.05, 3.63) is 65.5 Å². The van der Waals surface area contributed by atoms with Crippen molar-refractivity contribution < 1.29 is 18.3 Å². The summed E-state index contributed by atoms with van der Waals surface area (Å²) in [5.41, 5.74) is 1.07. The van der Waals surface area contributed by atoms with Crippen molar-refractivity contribution in [3.8, 4) is 5.75 Å². The summed E-state index contributed by atoms with van der Waals surface area (Å²) in [6.45, 7) is 3.86. The van der Waals surface area contributed by atoms with Gasteiger partial charge in [-0.3, -0.25) is 4.79 Å². The average Bonchev–Trinajstić information content (AvgIpc) is 3.05. The van der Waals surface area contributed by atoms with Gasteiger partial charge in [0.25, 0.3) is 0 Å². The minimum atomic E-state index is -0.827. The number of benzene rings is 2. The van der Waals surface area contributed by atoms with Gasteiger partial charge in [-0.15, -0.1) is 10.2 Å². The van der Waals surface area contributed by atoms with Crippen molar-refractivity contribution in [3.63, 3.8) is 0 Å². The van der Waals surface area contributed by atoms with Gasteiger partial charge in [-0.05, 0) is 38.1 Å². The van der Waals surface area contributed by atoms with Crippen LogP contribution in [-0.4, -0.2) is 26.4 Å². The van der Waals surface area contributed by atoms with Gasteiger partial charge in [0.05, 0.1) is 11.4 Å². The number of anilines is 1. The molecule has 1 aromatic heterocycles. The van der Waals surface area contributed by atoms with Crippen LogP contribution < -0.4 is 10.1 Å². The maximum atomic E-state index is 13.6. The normalized spacial score (nSPS) is 11.9. The van der Waals surface area contributed by atoms with Crippen LogP contribution in [0.25, 0.3) is 0 Å². The number of amides is 1. The number of aryl methyl sites for hydroxylation is 1. The molecule has 0 radical (unpaired) electrons. The second-order valence-corrected chi connectivity index (χ2v) is 7.38. The lowest BCUT2D eigenvalue weighted by Crippen LogP contribution is -2.16. The first-order chi connectivity index (χ1) is 13.8. The zero-order valence-corrected chi connectivity index (χ0v) is 17.0. The van der Waals surface area contributed by atoms with Crippen LogP contribution in [0, 0.1) is 18.6 Å². The van der Waals surface area contributed by atoms with Crippen LogP contribution in [0.3, 0.4) is 0 Å². The molecule has 1 unspecified atom stereocenters. The predicted molar refractivity (Wildman–Crippen MR) is 107 cm³/mol. The Bertz CT molecular complexity index is 1010. The van der Waals surface area contributed by atoms with E-state index >= 15 is 0 Å². The molecule has 1 heterocycles. The van der Waals surface area contributed by atoms with E-state index in [1.807, 2.05) is 38.1 Å². The molecule has 3 rings (SSSR count). The van der Waals surface area contributed by atoms with Crippen molar-refractivity contribution in [2.75, 3.05) is 11.1 Å². The molecule has 152 valence electrons. The highest BCUT2D eigenvalue weighted by molar-refractivity contribution is 7.99. The van der Waals surface area contributed by atoms with E-state index in [0.29, 0.717) is 17.0 Å². The molecule has 0 aliphatic rings. The van der Waals surface area contributed by atoms with Gasteiger partial charge < -0.3 is 14.6 Å². The van der Waals surface area contributed by atoms with Crippen LogP contribution in [0.1, 0.15) is 24.4 Å². The molecule has 29 heavy (non-hydrogen) atoms. The Labute approximate surface area is 171 Å². The summed E-state index contributed by atoms with van der Waals surface area (Å²) in [5.74, 6) is -0.640. The minimum Gasteiger partial charge on any atom is -0.483 e. The summed E-state index contributed by atoms with van der Waals surface area (Å²) in [7, 11) is 1.78. The third-order valence-electron chi connectivity index (χ3n) is 4.10. The number of halogens is 2. The number of nitrogens with one attached hydrogen (secondary N) is 1. The standard InChI is InChI=1S/C20H20F2N4O2S/c1-12-4-7-15(8-5-12)28-13(2)19-24-25-20(26(19)3)29-11-18(27)23-17-9-6-14(21)10-16(17)22/h4-10,13H,11H2,1-3H3,(H,23,27). The predicted octanol–water partition coefficient (Wildman–Crippen LogP) is 4.27. The van der Waals surface area contributed by atoms with Crippen molar-refractivity contribution in [2.24, 2.45) is 7.05 Å². The summed E-state index contributed by atoms with van der Waals surface area (Å²) in [6, 6.07) is 10.7. The number of nitrogens with zero attached hydrogens (tertiary/aromatic N) is 3. The molecule has 0 bridgehead atoms. The van der Waals surface area contributed by atoms with Crippen molar-refractivity contribution in [1.29, 1.82) is 0 Å². The Balaban J connectivity index is 1.58. The molecule has 1 N–H and O–H groups in total. The summed E-state index contributed by atoms with van der Waals surface area (Å²) in [6.07, 6.45) is -0.341. The first-order valence-electron chi connectivity index (χ1n) is 8.84. The Kier molecular flexibility index (Phi) is 6.48. The highest BCUT2D eigenvalue weighted by atomic mass is 32.2. The second-order valence-electron chi connectivity index (χ2n) is 6.43. The fraction of sp³-hybridized carbons (Fsp3) is 0.250. The van der Waals surface area contributed by atoms with Crippen LogP contribution in [0.15, 0.2) is 47.6 Å². The van der Waals surface area contributed by atoms with E-state index in [2.05, 4.69) is 15.5 Å². The minimum absolute atomic E-state index is 0.00398. The van der Waals surface area contributed by atoms with Gasteiger partial charge in [0.1, 0.15) is 17.4 Å². The molecule has 9 heteroatoms. The Hall–Kier alpha value is -2.94. The summed E-state index contributed by atoms with van der Waals surface area (Å²) in [5, 5.41) is 11.2. The van der Waals surface area contributed by atoms with Crippen LogP contribution in [0.5, 0.6) is 5.75 Å². The number of hydrogen-bond acceptors (Lipinski definition) is 5. The maximum absolute atomic E-state index is 13.6. The van der Waals surface area contributed by atoms with E-state index in [4.69, 9.17) is 4.74 Å². The molecule has 2 aromatic carbocycles. The molecule has 3 aromatic rings. The molecule has 0 aliphatic heterocycles. The van der Waals surface area contributed by atoms with Crippen molar-refractivity contribution >= 4 is 23.4 Å². The number of rotatable bonds is 7. The topological polar surface area (TPSA) is 69.0 Å². The molecular formula is C20H20F2N4O2S. The number of carbonyl (C=O) groups is 1. The Morgan fingerprint density at radius 2 is 1.93 bits per heavy atom. The van der Waals surface area contributed by atoms with Gasteiger partial charge in [0.15, 0.2) is 17.1 Å². The smallest absolute Gasteiger partial charge is 0.234 e. The molecule has 0 aliphatic carbocycles. The SMILES string of the molecule is Cc1ccc(OC(C)c2nnc(SCC(=O)Nc3ccc(F)cc3F)n2C)cc1. The van der Waals surface area contributed by atoms with E-state index < -0.39 is 17.5 Å². The number of aromatic nitrogens is 3. The second kappa shape index (κ2) is 9.04. The lowest BCUT2D eigenvalue weighted by Gasteiger charge is -2.14. The summed E-state index contributed by atoms with van der Waals surface area (Å²) < 4.78 is 34.2. The van der Waals surface area contributed by atoms with Gasteiger partial charge in [-0.1, -0.05) is 29.5 Å². The monoisotopic (exact) mass is 418 g/mol. The van der Waals surface area contributed by atoms with Crippen LogP contribution in [-0.2, 0) is 11.8 Å². The van der Waals surface area contributed by atoms with Gasteiger partial charge in [-0.2, -0.15) is 0 Å². The van der Waals surface area contributed by atoms with E-state index in [1.54, 1.807) is 11.6 Å². The van der Waals surface area contributed by atoms with E-state index in [-0.39, 0.29) is 17.5 Å². The molecule has 0 fully saturated rings. The zero-order valence-electron chi connectivity index (χ0n) is 16.1. The van der Waals surface area contributed by atoms with Gasteiger partial charge in [0, 0.05) is 13.1 Å². The maximum Gasteiger partial charge on any atom is 0.234 e. The van der Waals surface area contributed by atoms with E-state index in [1.165, 1.54) is 6.07 Å². The summed E-state index contributed by atoms with van der Waals surface area (Å²) >= 11 is 1.16. The zero-order chi connectivity index (χ0) is 21.0. The third kappa shape index (κ3) is 5.32. The van der Waals surface area contributed by atoms with Gasteiger partial charge in [-0.25, -0.2) is 8.78 Å². The fourth-order valence-electron chi connectivity index (χ4n) is 2.59. The quantitative estimate of drug-likeness (QED) is 0.580. The largest absolute Gasteiger partial charge is 0.483 e. The van der Waals surface area contributed by atoms with Crippen LogP contribution >= 0.6 is 11.8 Å². The number of ether oxygens (including phenoxy) is 1. The van der Waals surface area contributed by atoms with Gasteiger partial charge in [0.2, 0.25) is 5.91 Å². The lowest BCUT2D eigenvalue weighted by molar-refractivity contribution is -0.113. The molecule has 1 atom stereocenters. The number of hydrogen-bond donors (Lipinski definition) is 1. The van der Waals surface area contributed by atoms with Crippen molar-refractivity contribution in [2.45, 2.75) is 25.1 Å². The molecule has 6 nitrogen and oxygen atoms in total. The van der Waals surface area contributed by atoms with Crippen LogP contribution in [0.2, 0.25) is 0 Å². The fourth-order valence-corrected chi connectivity index (χ4v) is 3.30. The molecule has 0 saturated heterocycles. The first kappa shape index (κ1) is 20.8. The first-order valence-corrected chi connectivity index (χ1v) is 9.82. The highest BCUT2D eigenvalue weighted by Crippen LogP contribution is 2.24. The van der Waals surface area contributed by atoms with Crippen LogP contribution in [0.4, 0.5) is 14.5 Å². The molecule has 0 saturated carbocycles. The lowest BCUT2D eigenvalue weighted by atomic mass is 10.2.